The van der Waals surface area contributed by atoms with Crippen molar-refractivity contribution in [3.8, 4) is 22.8 Å². The van der Waals surface area contributed by atoms with Crippen LogP contribution in [0.25, 0.3) is 11.3 Å². The second-order valence-corrected chi connectivity index (χ2v) is 9.50. The van der Waals surface area contributed by atoms with Gasteiger partial charge in [0, 0.05) is 30.4 Å². The highest BCUT2D eigenvalue weighted by molar-refractivity contribution is 6.03. The molecule has 180 valence electrons. The number of fused-ring (bicyclic) bond motifs is 3. The molecule has 1 aromatic heterocycles. The Bertz CT molecular complexity index is 1340. The number of hydrogen-bond donors (Lipinski definition) is 0. The Morgan fingerprint density at radius 1 is 1.00 bits per heavy atom. The Balaban J connectivity index is 1.48. The van der Waals surface area contributed by atoms with E-state index in [1.54, 1.807) is 6.07 Å². The van der Waals surface area contributed by atoms with E-state index in [1.165, 1.54) is 18.2 Å². The standard InChI is InChI=1S/C28H28N2O5/c1-17-11-18-7-3-4-8-19(18)15-30(17)27(31)21-14-26-25(34-16-35-26)13-20(21)24-12-22(28(32)33-2)23-9-5-6-10-29(23)24/h3-4,7-8,12-14,17H,5-6,9-11,15-16H2,1-2H3/t17-/m1/s1. The topological polar surface area (TPSA) is 70.0 Å². The fourth-order valence-electron chi connectivity index (χ4n) is 5.62. The summed E-state index contributed by atoms with van der Waals surface area (Å²) in [6, 6.07) is 13.9. The van der Waals surface area contributed by atoms with Crippen molar-refractivity contribution in [1.29, 1.82) is 0 Å². The van der Waals surface area contributed by atoms with Crippen LogP contribution in [0.2, 0.25) is 0 Å². The molecule has 0 N–H and O–H groups in total. The van der Waals surface area contributed by atoms with Crippen LogP contribution in [0.15, 0.2) is 42.5 Å². The van der Waals surface area contributed by atoms with Crippen molar-refractivity contribution in [3.63, 3.8) is 0 Å². The summed E-state index contributed by atoms with van der Waals surface area (Å²) >= 11 is 0. The van der Waals surface area contributed by atoms with Crippen LogP contribution in [-0.2, 0) is 30.7 Å². The molecule has 4 heterocycles. The zero-order valence-electron chi connectivity index (χ0n) is 20.0. The maximum Gasteiger partial charge on any atom is 0.339 e. The van der Waals surface area contributed by atoms with Crippen molar-refractivity contribution in [3.05, 3.63) is 70.4 Å². The SMILES string of the molecule is COC(=O)c1cc(-c2cc3c(cc2C(=O)N2Cc4ccccc4C[C@H]2C)OCO3)n2c1CCCC2. The third-order valence-electron chi connectivity index (χ3n) is 7.45. The van der Waals surface area contributed by atoms with Crippen LogP contribution in [0.3, 0.4) is 0 Å². The van der Waals surface area contributed by atoms with Gasteiger partial charge in [-0.15, -0.1) is 0 Å². The number of benzene rings is 2. The van der Waals surface area contributed by atoms with E-state index < -0.39 is 0 Å². The maximum atomic E-state index is 14.1. The largest absolute Gasteiger partial charge is 0.465 e. The third kappa shape index (κ3) is 3.57. The molecule has 0 spiro atoms. The highest BCUT2D eigenvalue weighted by Gasteiger charge is 2.33. The van der Waals surface area contributed by atoms with Crippen LogP contribution in [0.5, 0.6) is 11.5 Å². The lowest BCUT2D eigenvalue weighted by Gasteiger charge is -2.35. The molecule has 0 saturated carbocycles. The van der Waals surface area contributed by atoms with Gasteiger partial charge in [-0.2, -0.15) is 0 Å². The van der Waals surface area contributed by atoms with Gasteiger partial charge in [0.2, 0.25) is 6.79 Å². The number of hydrogen-bond acceptors (Lipinski definition) is 5. The second kappa shape index (κ2) is 8.48. The summed E-state index contributed by atoms with van der Waals surface area (Å²) in [5.41, 5.74) is 6.15. The lowest BCUT2D eigenvalue weighted by Crippen LogP contribution is -2.42. The summed E-state index contributed by atoms with van der Waals surface area (Å²) in [5, 5.41) is 0. The number of carbonyl (C=O) groups excluding carboxylic acids is 2. The van der Waals surface area contributed by atoms with Crippen molar-refractivity contribution in [1.82, 2.24) is 9.47 Å². The normalized spacial score (nSPS) is 18.1. The summed E-state index contributed by atoms with van der Waals surface area (Å²) < 4.78 is 18.6. The van der Waals surface area contributed by atoms with Crippen LogP contribution < -0.4 is 9.47 Å². The van der Waals surface area contributed by atoms with Crippen molar-refractivity contribution in [2.75, 3.05) is 13.9 Å². The average Bonchev–Trinajstić information content (AvgIpc) is 3.51. The first-order valence-corrected chi connectivity index (χ1v) is 12.2. The van der Waals surface area contributed by atoms with E-state index in [9.17, 15) is 9.59 Å². The molecular weight excluding hydrogens is 444 g/mol. The monoisotopic (exact) mass is 472 g/mol. The zero-order chi connectivity index (χ0) is 24.1. The Kier molecular flexibility index (Phi) is 5.28. The van der Waals surface area contributed by atoms with E-state index in [-0.39, 0.29) is 24.7 Å². The number of carbonyl (C=O) groups is 2. The Labute approximate surface area is 204 Å². The maximum absolute atomic E-state index is 14.1. The van der Waals surface area contributed by atoms with Crippen LogP contribution in [0.1, 0.15) is 57.3 Å². The summed E-state index contributed by atoms with van der Waals surface area (Å²) in [6.45, 7) is 3.56. The van der Waals surface area contributed by atoms with Crippen LogP contribution >= 0.6 is 0 Å². The molecule has 0 fully saturated rings. The number of esters is 1. The van der Waals surface area contributed by atoms with Gasteiger partial charge >= 0.3 is 5.97 Å². The second-order valence-electron chi connectivity index (χ2n) is 9.50. The summed E-state index contributed by atoms with van der Waals surface area (Å²) in [7, 11) is 1.40. The van der Waals surface area contributed by atoms with Crippen molar-refractivity contribution in [2.45, 2.75) is 51.7 Å². The summed E-state index contributed by atoms with van der Waals surface area (Å²) in [5.74, 6) is 0.781. The van der Waals surface area contributed by atoms with Gasteiger partial charge in [-0.3, -0.25) is 4.79 Å². The first-order chi connectivity index (χ1) is 17.0. The van der Waals surface area contributed by atoms with E-state index in [0.29, 0.717) is 29.2 Å². The molecule has 1 amide bonds. The first-order valence-electron chi connectivity index (χ1n) is 12.2. The molecule has 2 aromatic carbocycles. The zero-order valence-corrected chi connectivity index (χ0v) is 20.0. The molecule has 0 unspecified atom stereocenters. The highest BCUT2D eigenvalue weighted by Crippen LogP contribution is 2.42. The van der Waals surface area contributed by atoms with Crippen LogP contribution in [0, 0.1) is 0 Å². The number of rotatable bonds is 3. The van der Waals surface area contributed by atoms with Crippen molar-refractivity contribution in [2.24, 2.45) is 0 Å². The Morgan fingerprint density at radius 3 is 2.57 bits per heavy atom. The molecule has 3 aromatic rings. The number of ether oxygens (including phenoxy) is 3. The molecule has 3 aliphatic heterocycles. The van der Waals surface area contributed by atoms with Gasteiger partial charge in [0.25, 0.3) is 5.91 Å². The van der Waals surface area contributed by atoms with Gasteiger partial charge in [-0.25, -0.2) is 4.79 Å². The molecule has 0 saturated heterocycles. The fourth-order valence-corrected chi connectivity index (χ4v) is 5.62. The lowest BCUT2D eigenvalue weighted by atomic mass is 9.93. The molecule has 0 aliphatic carbocycles. The molecule has 7 nitrogen and oxygen atoms in total. The van der Waals surface area contributed by atoms with E-state index in [0.717, 1.165) is 49.2 Å². The lowest BCUT2D eigenvalue weighted by molar-refractivity contribution is 0.0598. The molecule has 6 rings (SSSR count). The highest BCUT2D eigenvalue weighted by atomic mass is 16.7. The molecule has 0 radical (unpaired) electrons. The minimum atomic E-state index is -0.350. The van der Waals surface area contributed by atoms with Crippen LogP contribution in [0.4, 0.5) is 0 Å². The molecule has 35 heavy (non-hydrogen) atoms. The van der Waals surface area contributed by atoms with Gasteiger partial charge in [0.15, 0.2) is 11.5 Å². The molecular formula is C28H28N2O5. The molecule has 0 bridgehead atoms. The molecule has 1 atom stereocenters. The van der Waals surface area contributed by atoms with Crippen LogP contribution in [-0.4, -0.2) is 41.3 Å². The Morgan fingerprint density at radius 2 is 1.77 bits per heavy atom. The van der Waals surface area contributed by atoms with Gasteiger partial charge < -0.3 is 23.7 Å². The molecule has 3 aliphatic rings. The Hall–Kier alpha value is -3.74. The summed E-state index contributed by atoms with van der Waals surface area (Å²) in [6.07, 6.45) is 3.65. The fraction of sp³-hybridized carbons (Fsp3) is 0.357. The number of nitrogens with zero attached hydrogens (tertiary/aromatic N) is 2. The quantitative estimate of drug-likeness (QED) is 0.522. The van der Waals surface area contributed by atoms with Crippen molar-refractivity contribution < 1.29 is 23.8 Å². The predicted molar refractivity (Wildman–Crippen MR) is 130 cm³/mol. The number of aromatic nitrogens is 1. The minimum Gasteiger partial charge on any atom is -0.465 e. The van der Waals surface area contributed by atoms with E-state index >= 15 is 0 Å². The van der Waals surface area contributed by atoms with Gasteiger partial charge in [0.1, 0.15) is 0 Å². The van der Waals surface area contributed by atoms with Gasteiger partial charge in [-0.1, -0.05) is 24.3 Å². The average molecular weight is 473 g/mol. The smallest absolute Gasteiger partial charge is 0.339 e. The van der Waals surface area contributed by atoms with E-state index in [1.807, 2.05) is 29.2 Å². The molecule has 7 heteroatoms. The number of methoxy groups -OCH3 is 1. The first kappa shape index (κ1) is 21.8. The van der Waals surface area contributed by atoms with Crippen molar-refractivity contribution >= 4 is 11.9 Å². The minimum absolute atomic E-state index is 0.0497. The van der Waals surface area contributed by atoms with E-state index in [4.69, 9.17) is 14.2 Å². The number of amides is 1. The predicted octanol–water partition coefficient (Wildman–Crippen LogP) is 4.59. The van der Waals surface area contributed by atoms with E-state index in [2.05, 4.69) is 23.6 Å². The summed E-state index contributed by atoms with van der Waals surface area (Å²) in [4.78, 5) is 28.6. The van der Waals surface area contributed by atoms with Gasteiger partial charge in [0.05, 0.1) is 23.9 Å². The third-order valence-corrected chi connectivity index (χ3v) is 7.45. The van der Waals surface area contributed by atoms with Gasteiger partial charge in [-0.05, 0) is 61.9 Å².